The van der Waals surface area contributed by atoms with Crippen LogP contribution < -0.4 is 20.1 Å². The van der Waals surface area contributed by atoms with Gasteiger partial charge in [0.2, 0.25) is 22.7 Å². The molecule has 0 bridgehead atoms. The molecule has 31 heavy (non-hydrogen) atoms. The van der Waals surface area contributed by atoms with Crippen molar-refractivity contribution in [3.8, 4) is 11.5 Å². The summed E-state index contributed by atoms with van der Waals surface area (Å²) in [6.07, 6.45) is 0. The van der Waals surface area contributed by atoms with Crippen molar-refractivity contribution in [3.05, 3.63) is 53.6 Å². The number of carbonyl (C=O) groups is 1. The third-order valence-corrected chi connectivity index (χ3v) is 7.28. The number of hydrogen-bond donors (Lipinski definition) is 2. The summed E-state index contributed by atoms with van der Waals surface area (Å²) >= 11 is 0. The first-order valence-corrected chi connectivity index (χ1v) is 11.8. The van der Waals surface area contributed by atoms with E-state index in [1.165, 1.54) is 4.31 Å². The number of fused-ring (bicyclic) bond motifs is 1. The lowest BCUT2D eigenvalue weighted by Gasteiger charge is -2.19. The van der Waals surface area contributed by atoms with Crippen molar-refractivity contribution in [3.63, 3.8) is 0 Å². The van der Waals surface area contributed by atoms with E-state index < -0.39 is 10.0 Å². The molecule has 2 N–H and O–H groups in total. The van der Waals surface area contributed by atoms with E-state index in [0.29, 0.717) is 31.1 Å². The van der Waals surface area contributed by atoms with E-state index in [1.54, 1.807) is 24.3 Å². The number of rotatable bonds is 10. The van der Waals surface area contributed by atoms with Crippen molar-refractivity contribution in [1.82, 2.24) is 14.9 Å². The van der Waals surface area contributed by atoms with Gasteiger partial charge in [0.1, 0.15) is 0 Å². The summed E-state index contributed by atoms with van der Waals surface area (Å²) in [4.78, 5) is 12.5. The van der Waals surface area contributed by atoms with Crippen LogP contribution in [0.4, 0.5) is 0 Å². The Morgan fingerprint density at radius 3 is 2.42 bits per heavy atom. The molecule has 1 aliphatic rings. The molecule has 9 heteroatoms. The fourth-order valence-electron chi connectivity index (χ4n) is 3.32. The molecule has 2 aromatic rings. The molecule has 1 amide bonds. The van der Waals surface area contributed by atoms with Crippen LogP contribution in [-0.2, 0) is 21.4 Å². The molecular weight excluding hydrogens is 418 g/mol. The minimum Gasteiger partial charge on any atom is -0.454 e. The molecule has 8 nitrogen and oxygen atoms in total. The maximum Gasteiger partial charge on any atom is 0.243 e. The topological polar surface area (TPSA) is 97.0 Å². The van der Waals surface area contributed by atoms with Gasteiger partial charge in [-0.25, -0.2) is 8.42 Å². The van der Waals surface area contributed by atoms with E-state index >= 15 is 0 Å². The second-order valence-corrected chi connectivity index (χ2v) is 9.16. The van der Waals surface area contributed by atoms with Crippen LogP contribution in [0, 0.1) is 0 Å². The van der Waals surface area contributed by atoms with E-state index in [0.717, 1.165) is 11.1 Å². The van der Waals surface area contributed by atoms with Crippen LogP contribution in [0.3, 0.4) is 0 Å². The first-order chi connectivity index (χ1) is 14.8. The Balaban J connectivity index is 1.49. The predicted molar refractivity (Wildman–Crippen MR) is 117 cm³/mol. The number of ether oxygens (including phenoxy) is 2. The van der Waals surface area contributed by atoms with Crippen LogP contribution in [0.5, 0.6) is 11.5 Å². The number of nitrogens with one attached hydrogen (secondary N) is 2. The normalized spacial score (nSPS) is 13.9. The van der Waals surface area contributed by atoms with Crippen molar-refractivity contribution in [2.45, 2.75) is 38.3 Å². The maximum absolute atomic E-state index is 12.6. The molecule has 0 radical (unpaired) electrons. The van der Waals surface area contributed by atoms with Crippen LogP contribution in [0.2, 0.25) is 0 Å². The average molecular weight is 448 g/mol. The number of sulfonamides is 1. The van der Waals surface area contributed by atoms with Gasteiger partial charge in [-0.2, -0.15) is 4.31 Å². The lowest BCUT2D eigenvalue weighted by Crippen LogP contribution is -2.34. The van der Waals surface area contributed by atoms with E-state index in [1.807, 2.05) is 39.0 Å². The monoisotopic (exact) mass is 447 g/mol. The summed E-state index contributed by atoms with van der Waals surface area (Å²) in [5.74, 6) is 1.26. The van der Waals surface area contributed by atoms with E-state index in [4.69, 9.17) is 9.47 Å². The number of benzene rings is 2. The van der Waals surface area contributed by atoms with Gasteiger partial charge in [0.05, 0.1) is 11.4 Å². The summed E-state index contributed by atoms with van der Waals surface area (Å²) in [6, 6.07) is 12.2. The second-order valence-electron chi connectivity index (χ2n) is 7.23. The summed E-state index contributed by atoms with van der Waals surface area (Å²) in [7, 11) is -3.47. The molecule has 1 unspecified atom stereocenters. The van der Waals surface area contributed by atoms with Crippen molar-refractivity contribution in [2.75, 3.05) is 26.4 Å². The van der Waals surface area contributed by atoms with Crippen molar-refractivity contribution in [2.24, 2.45) is 0 Å². The zero-order valence-electron chi connectivity index (χ0n) is 18.1. The number of nitrogens with zero attached hydrogens (tertiary/aromatic N) is 1. The van der Waals surface area contributed by atoms with Crippen LogP contribution in [0.15, 0.2) is 47.4 Å². The van der Waals surface area contributed by atoms with Crippen LogP contribution in [-0.4, -0.2) is 45.1 Å². The molecule has 0 fully saturated rings. The largest absolute Gasteiger partial charge is 0.454 e. The minimum atomic E-state index is -3.47. The summed E-state index contributed by atoms with van der Waals surface area (Å²) in [6.45, 7) is 7.18. The first kappa shape index (κ1) is 23.1. The molecule has 3 rings (SSSR count). The molecule has 2 aromatic carbocycles. The van der Waals surface area contributed by atoms with E-state index in [9.17, 15) is 13.2 Å². The quantitative estimate of drug-likeness (QED) is 0.581. The molecule has 0 aliphatic carbocycles. The van der Waals surface area contributed by atoms with Gasteiger partial charge in [0, 0.05) is 25.7 Å². The Hall–Kier alpha value is -2.62. The predicted octanol–water partition coefficient (Wildman–Crippen LogP) is 2.41. The highest BCUT2D eigenvalue weighted by Crippen LogP contribution is 2.32. The fourth-order valence-corrected chi connectivity index (χ4v) is 4.78. The highest BCUT2D eigenvalue weighted by molar-refractivity contribution is 7.89. The van der Waals surface area contributed by atoms with Gasteiger partial charge in [-0.1, -0.05) is 32.0 Å². The molecule has 0 saturated carbocycles. The average Bonchev–Trinajstić information content (AvgIpc) is 3.24. The van der Waals surface area contributed by atoms with Gasteiger partial charge in [-0.3, -0.25) is 4.79 Å². The highest BCUT2D eigenvalue weighted by Gasteiger charge is 2.21. The van der Waals surface area contributed by atoms with Gasteiger partial charge in [-0.05, 0) is 42.3 Å². The molecule has 0 spiro atoms. The van der Waals surface area contributed by atoms with E-state index in [-0.39, 0.29) is 30.2 Å². The van der Waals surface area contributed by atoms with Crippen molar-refractivity contribution in [1.29, 1.82) is 0 Å². The van der Waals surface area contributed by atoms with Gasteiger partial charge < -0.3 is 20.1 Å². The molecule has 1 heterocycles. The van der Waals surface area contributed by atoms with Crippen LogP contribution in [0.25, 0.3) is 0 Å². The highest BCUT2D eigenvalue weighted by atomic mass is 32.2. The van der Waals surface area contributed by atoms with Gasteiger partial charge >= 0.3 is 0 Å². The Morgan fingerprint density at radius 1 is 1.06 bits per heavy atom. The third kappa shape index (κ3) is 5.55. The summed E-state index contributed by atoms with van der Waals surface area (Å²) in [5, 5.41) is 6.03. The molecule has 1 atom stereocenters. The number of hydrogen-bond acceptors (Lipinski definition) is 6. The number of carbonyl (C=O) groups excluding carboxylic acids is 1. The maximum atomic E-state index is 12.6. The molecule has 168 valence electrons. The smallest absolute Gasteiger partial charge is 0.243 e. The lowest BCUT2D eigenvalue weighted by atomic mass is 10.1. The summed E-state index contributed by atoms with van der Waals surface area (Å²) in [5.41, 5.74) is 1.83. The fraction of sp³-hybridized carbons (Fsp3) is 0.409. The van der Waals surface area contributed by atoms with Crippen LogP contribution >= 0.6 is 0 Å². The van der Waals surface area contributed by atoms with Gasteiger partial charge in [0.15, 0.2) is 11.5 Å². The Bertz CT molecular complexity index is 1000. The standard InChI is InChI=1S/C22H29N3O5S/c1-4-25(5-2)31(27,28)19-9-7-18(8-10-19)16(3)23-14-22(26)24-13-17-6-11-20-21(12-17)30-15-29-20/h6-12,16,23H,4-5,13-15H2,1-3H3,(H,24,26). The van der Waals surface area contributed by atoms with E-state index in [2.05, 4.69) is 10.6 Å². The van der Waals surface area contributed by atoms with Crippen molar-refractivity contribution >= 4 is 15.9 Å². The zero-order chi connectivity index (χ0) is 22.4. The molecule has 0 saturated heterocycles. The molecule has 0 aromatic heterocycles. The van der Waals surface area contributed by atoms with Crippen molar-refractivity contribution < 1.29 is 22.7 Å². The second kappa shape index (κ2) is 10.1. The van der Waals surface area contributed by atoms with Crippen LogP contribution in [0.1, 0.15) is 37.9 Å². The Morgan fingerprint density at radius 2 is 1.74 bits per heavy atom. The van der Waals surface area contributed by atoms with Gasteiger partial charge in [-0.15, -0.1) is 0 Å². The Kier molecular flexibility index (Phi) is 7.53. The lowest BCUT2D eigenvalue weighted by molar-refractivity contribution is -0.120. The first-order valence-electron chi connectivity index (χ1n) is 10.3. The molecule has 1 aliphatic heterocycles. The number of amides is 1. The summed E-state index contributed by atoms with van der Waals surface area (Å²) < 4.78 is 37.2. The Labute approximate surface area is 183 Å². The third-order valence-electron chi connectivity index (χ3n) is 5.22. The molecular formula is C22H29N3O5S. The zero-order valence-corrected chi connectivity index (χ0v) is 18.9. The SMILES string of the molecule is CCN(CC)S(=O)(=O)c1ccc(C(C)NCC(=O)NCc2ccc3c(c2)OCO3)cc1. The minimum absolute atomic E-state index is 0.110. The van der Waals surface area contributed by atoms with Gasteiger partial charge in [0.25, 0.3) is 0 Å².